The molecule has 33 heavy (non-hydrogen) atoms. The van der Waals surface area contributed by atoms with Crippen LogP contribution in [-0.2, 0) is 4.79 Å². The number of benzene rings is 2. The van der Waals surface area contributed by atoms with Crippen molar-refractivity contribution in [2.24, 2.45) is 5.92 Å². The molecule has 2 aliphatic rings. The summed E-state index contributed by atoms with van der Waals surface area (Å²) in [5, 5.41) is 11.9. The Hall–Kier alpha value is -2.99. The van der Waals surface area contributed by atoms with Crippen LogP contribution in [0.5, 0.6) is 0 Å². The Kier molecular flexibility index (Phi) is 6.81. The van der Waals surface area contributed by atoms with Crippen LogP contribution >= 0.6 is 0 Å². The van der Waals surface area contributed by atoms with E-state index < -0.39 is 0 Å². The summed E-state index contributed by atoms with van der Waals surface area (Å²) in [7, 11) is 0. The summed E-state index contributed by atoms with van der Waals surface area (Å²) in [6.45, 7) is 2.98. The Bertz CT molecular complexity index is 1020. The van der Waals surface area contributed by atoms with Crippen LogP contribution in [0.2, 0.25) is 0 Å². The SMILES string of the molecule is O=C(NC(CCN1CCC(c2nnc(-c3ccccc3)o2)CC1)c1ccccc1)C1CCC1. The first kappa shape index (κ1) is 21.8. The molecule has 0 spiro atoms. The number of aromatic nitrogens is 2. The van der Waals surface area contributed by atoms with Gasteiger partial charge in [0.05, 0.1) is 6.04 Å². The minimum absolute atomic E-state index is 0.0707. The molecule has 1 N–H and O–H groups in total. The van der Waals surface area contributed by atoms with Crippen LogP contribution in [0.3, 0.4) is 0 Å². The van der Waals surface area contributed by atoms with Gasteiger partial charge in [0.25, 0.3) is 0 Å². The van der Waals surface area contributed by atoms with Crippen LogP contribution in [0.1, 0.15) is 61.9 Å². The summed E-state index contributed by atoms with van der Waals surface area (Å²) in [6, 6.07) is 20.4. The van der Waals surface area contributed by atoms with Crippen LogP contribution in [0, 0.1) is 5.92 Å². The van der Waals surface area contributed by atoms with Gasteiger partial charge in [-0.3, -0.25) is 4.79 Å². The van der Waals surface area contributed by atoms with Crippen molar-refractivity contribution >= 4 is 5.91 Å². The van der Waals surface area contributed by atoms with E-state index in [1.54, 1.807) is 0 Å². The van der Waals surface area contributed by atoms with Gasteiger partial charge in [0, 0.05) is 23.9 Å². The Balaban J connectivity index is 1.14. The topological polar surface area (TPSA) is 71.3 Å². The van der Waals surface area contributed by atoms with Gasteiger partial charge in [0.15, 0.2) is 0 Å². The highest BCUT2D eigenvalue weighted by atomic mass is 16.4. The van der Waals surface area contributed by atoms with E-state index in [4.69, 9.17) is 4.42 Å². The molecule has 1 amide bonds. The molecular formula is C27H32N4O2. The number of carbonyl (C=O) groups excluding carboxylic acids is 1. The van der Waals surface area contributed by atoms with Gasteiger partial charge in [0.2, 0.25) is 17.7 Å². The second kappa shape index (κ2) is 10.3. The van der Waals surface area contributed by atoms with Crippen molar-refractivity contribution < 1.29 is 9.21 Å². The first-order valence-electron chi connectivity index (χ1n) is 12.2. The van der Waals surface area contributed by atoms with Crippen molar-refractivity contribution in [3.8, 4) is 11.5 Å². The maximum atomic E-state index is 12.6. The van der Waals surface area contributed by atoms with Gasteiger partial charge in [-0.1, -0.05) is 55.0 Å². The number of amides is 1. The fraction of sp³-hybridized carbons (Fsp3) is 0.444. The van der Waals surface area contributed by atoms with Gasteiger partial charge in [-0.05, 0) is 62.9 Å². The van der Waals surface area contributed by atoms with Crippen molar-refractivity contribution in [1.29, 1.82) is 0 Å². The molecular weight excluding hydrogens is 412 g/mol. The number of carbonyl (C=O) groups is 1. The maximum absolute atomic E-state index is 12.6. The molecule has 0 radical (unpaired) electrons. The lowest BCUT2D eigenvalue weighted by molar-refractivity contribution is -0.128. The lowest BCUT2D eigenvalue weighted by Gasteiger charge is -2.32. The summed E-state index contributed by atoms with van der Waals surface area (Å²) in [4.78, 5) is 15.1. The van der Waals surface area contributed by atoms with Gasteiger partial charge in [-0.2, -0.15) is 0 Å². The molecule has 1 unspecified atom stereocenters. The lowest BCUT2D eigenvalue weighted by atomic mass is 9.84. The molecule has 2 aromatic carbocycles. The summed E-state index contributed by atoms with van der Waals surface area (Å²) in [5.74, 6) is 2.10. The van der Waals surface area contributed by atoms with E-state index in [2.05, 4.69) is 44.7 Å². The van der Waals surface area contributed by atoms with Crippen molar-refractivity contribution in [2.75, 3.05) is 19.6 Å². The number of hydrogen-bond donors (Lipinski definition) is 1. The fourth-order valence-corrected chi connectivity index (χ4v) is 4.78. The zero-order chi connectivity index (χ0) is 22.5. The van der Waals surface area contributed by atoms with Crippen molar-refractivity contribution in [1.82, 2.24) is 20.4 Å². The van der Waals surface area contributed by atoms with E-state index in [9.17, 15) is 4.79 Å². The van der Waals surface area contributed by atoms with E-state index in [1.807, 2.05) is 36.4 Å². The van der Waals surface area contributed by atoms with Gasteiger partial charge < -0.3 is 14.6 Å². The van der Waals surface area contributed by atoms with Crippen molar-refractivity contribution in [3.05, 3.63) is 72.1 Å². The molecule has 1 saturated heterocycles. The predicted molar refractivity (Wildman–Crippen MR) is 127 cm³/mol. The highest BCUT2D eigenvalue weighted by Crippen LogP contribution is 2.31. The first-order valence-corrected chi connectivity index (χ1v) is 12.2. The molecule has 0 bridgehead atoms. The maximum Gasteiger partial charge on any atom is 0.247 e. The minimum Gasteiger partial charge on any atom is -0.420 e. The normalized spacial score (nSPS) is 18.5. The zero-order valence-corrected chi connectivity index (χ0v) is 19.0. The third-order valence-corrected chi connectivity index (χ3v) is 7.13. The molecule has 3 aromatic rings. The first-order chi connectivity index (χ1) is 16.3. The summed E-state index contributed by atoms with van der Waals surface area (Å²) in [6.07, 6.45) is 6.19. The molecule has 6 heteroatoms. The van der Waals surface area contributed by atoms with Crippen LogP contribution < -0.4 is 5.32 Å². The minimum atomic E-state index is 0.0707. The smallest absolute Gasteiger partial charge is 0.247 e. The molecule has 2 heterocycles. The molecule has 172 valence electrons. The third-order valence-electron chi connectivity index (χ3n) is 7.13. The molecule has 1 atom stereocenters. The van der Waals surface area contributed by atoms with Crippen LogP contribution in [-0.4, -0.2) is 40.6 Å². The number of hydrogen-bond acceptors (Lipinski definition) is 5. The Morgan fingerprint density at radius 1 is 0.970 bits per heavy atom. The highest BCUT2D eigenvalue weighted by molar-refractivity contribution is 5.79. The van der Waals surface area contributed by atoms with Crippen LogP contribution in [0.4, 0.5) is 0 Å². The van der Waals surface area contributed by atoms with E-state index in [1.165, 1.54) is 12.0 Å². The molecule has 1 aliphatic carbocycles. The van der Waals surface area contributed by atoms with Gasteiger partial charge in [-0.25, -0.2) is 0 Å². The highest BCUT2D eigenvalue weighted by Gasteiger charge is 2.29. The fourth-order valence-electron chi connectivity index (χ4n) is 4.78. The summed E-state index contributed by atoms with van der Waals surface area (Å²) in [5.41, 5.74) is 2.16. The largest absolute Gasteiger partial charge is 0.420 e. The van der Waals surface area contributed by atoms with Gasteiger partial charge >= 0.3 is 0 Å². The lowest BCUT2D eigenvalue weighted by Crippen LogP contribution is -2.39. The van der Waals surface area contributed by atoms with Crippen LogP contribution in [0.25, 0.3) is 11.5 Å². The quantitative estimate of drug-likeness (QED) is 0.531. The number of piperidine rings is 1. The van der Waals surface area contributed by atoms with Crippen molar-refractivity contribution in [3.63, 3.8) is 0 Å². The Labute approximate surface area is 195 Å². The zero-order valence-electron chi connectivity index (χ0n) is 19.0. The van der Waals surface area contributed by atoms with Gasteiger partial charge in [0.1, 0.15) is 0 Å². The number of rotatable bonds is 8. The van der Waals surface area contributed by atoms with E-state index in [0.29, 0.717) is 11.8 Å². The van der Waals surface area contributed by atoms with E-state index in [-0.39, 0.29) is 17.9 Å². The molecule has 5 rings (SSSR count). The van der Waals surface area contributed by atoms with Gasteiger partial charge in [-0.15, -0.1) is 10.2 Å². The summed E-state index contributed by atoms with van der Waals surface area (Å²) >= 11 is 0. The Morgan fingerprint density at radius 3 is 2.33 bits per heavy atom. The average Bonchev–Trinajstić information content (AvgIpc) is 3.32. The Morgan fingerprint density at radius 2 is 1.67 bits per heavy atom. The molecule has 2 fully saturated rings. The molecule has 6 nitrogen and oxygen atoms in total. The van der Waals surface area contributed by atoms with Crippen LogP contribution in [0.15, 0.2) is 65.1 Å². The number of nitrogens with zero attached hydrogens (tertiary/aromatic N) is 3. The molecule has 1 saturated carbocycles. The number of likely N-dealkylation sites (tertiary alicyclic amines) is 1. The second-order valence-electron chi connectivity index (χ2n) is 9.32. The standard InChI is InChI=1S/C27H32N4O2/c32-25(21-12-7-13-21)28-24(20-8-3-1-4-9-20)16-19-31-17-14-23(15-18-31)27-30-29-26(33-27)22-10-5-2-6-11-22/h1-6,8-11,21,23-24H,7,12-19H2,(H,28,32). The second-order valence-corrected chi connectivity index (χ2v) is 9.32. The summed E-state index contributed by atoms with van der Waals surface area (Å²) < 4.78 is 5.99. The van der Waals surface area contributed by atoms with E-state index >= 15 is 0 Å². The monoisotopic (exact) mass is 444 g/mol. The third kappa shape index (κ3) is 5.33. The molecule has 1 aliphatic heterocycles. The predicted octanol–water partition coefficient (Wildman–Crippen LogP) is 4.96. The average molecular weight is 445 g/mol. The van der Waals surface area contributed by atoms with E-state index in [0.717, 1.165) is 63.2 Å². The molecule has 1 aromatic heterocycles. The van der Waals surface area contributed by atoms with Crippen molar-refractivity contribution in [2.45, 2.75) is 50.5 Å². The number of nitrogens with one attached hydrogen (secondary N) is 1.